The number of anilines is 1. The van der Waals surface area contributed by atoms with Gasteiger partial charge in [-0.25, -0.2) is 0 Å². The van der Waals surface area contributed by atoms with Crippen LogP contribution in [0.1, 0.15) is 5.56 Å². The molecular formula is C7H6F3NO. The molecule has 0 atom stereocenters. The van der Waals surface area contributed by atoms with Gasteiger partial charge in [0.25, 0.3) is 0 Å². The smallest absolute Gasteiger partial charge is 0.421 e. The van der Waals surface area contributed by atoms with Crippen molar-refractivity contribution in [2.24, 2.45) is 0 Å². The number of aromatic hydroxyl groups is 1. The number of hydrogen-bond acceptors (Lipinski definition) is 2. The topological polar surface area (TPSA) is 46.2 Å². The number of nitrogens with two attached hydrogens (primary N) is 1. The molecule has 0 aliphatic carbocycles. The van der Waals surface area contributed by atoms with Crippen LogP contribution in [0.5, 0.6) is 5.75 Å². The largest absolute Gasteiger partial charge is 0.507 e. The standard InChI is InChI=1S/C7H6F3NO/c8-7(9,10)6-4(11)2-1-3-5(6)12/h1-3,12H,11H2. The second-order valence-electron chi connectivity index (χ2n) is 2.24. The molecule has 0 unspecified atom stereocenters. The first-order valence-electron chi connectivity index (χ1n) is 3.07. The number of nitrogen functional groups attached to an aromatic ring is 1. The Bertz CT molecular complexity index is 275. The lowest BCUT2D eigenvalue weighted by Gasteiger charge is -2.10. The van der Waals surface area contributed by atoms with E-state index in [2.05, 4.69) is 0 Å². The first-order chi connectivity index (χ1) is 5.43. The second kappa shape index (κ2) is 2.58. The minimum atomic E-state index is -4.60. The molecule has 1 aromatic carbocycles. The van der Waals surface area contributed by atoms with E-state index < -0.39 is 23.2 Å². The molecule has 0 heterocycles. The fraction of sp³-hybridized carbons (Fsp3) is 0.143. The number of hydrogen-bond donors (Lipinski definition) is 2. The van der Waals surface area contributed by atoms with Crippen LogP contribution in [0.2, 0.25) is 0 Å². The summed E-state index contributed by atoms with van der Waals surface area (Å²) >= 11 is 0. The van der Waals surface area contributed by atoms with Crippen LogP contribution in [0.4, 0.5) is 18.9 Å². The highest BCUT2D eigenvalue weighted by Gasteiger charge is 2.35. The van der Waals surface area contributed by atoms with Gasteiger partial charge in [-0.1, -0.05) is 6.07 Å². The van der Waals surface area contributed by atoms with Crippen LogP contribution in [0.15, 0.2) is 18.2 Å². The summed E-state index contributed by atoms with van der Waals surface area (Å²) < 4.78 is 36.2. The van der Waals surface area contributed by atoms with Gasteiger partial charge in [-0.05, 0) is 12.1 Å². The molecule has 12 heavy (non-hydrogen) atoms. The first-order valence-corrected chi connectivity index (χ1v) is 3.07. The lowest BCUT2D eigenvalue weighted by Crippen LogP contribution is -2.08. The molecule has 3 N–H and O–H groups in total. The van der Waals surface area contributed by atoms with Gasteiger partial charge in [0.05, 0.1) is 0 Å². The van der Waals surface area contributed by atoms with E-state index in [9.17, 15) is 13.2 Å². The Hall–Kier alpha value is -1.39. The number of phenolic OH excluding ortho intramolecular Hbond substituents is 1. The van der Waals surface area contributed by atoms with Crippen molar-refractivity contribution < 1.29 is 18.3 Å². The molecule has 0 saturated carbocycles. The normalized spacial score (nSPS) is 11.6. The lowest BCUT2D eigenvalue weighted by molar-refractivity contribution is -0.138. The predicted octanol–water partition coefficient (Wildman–Crippen LogP) is 1.99. The van der Waals surface area contributed by atoms with Crippen molar-refractivity contribution >= 4 is 5.69 Å². The number of halogens is 3. The van der Waals surface area contributed by atoms with Crippen LogP contribution in [0.25, 0.3) is 0 Å². The molecule has 2 nitrogen and oxygen atoms in total. The van der Waals surface area contributed by atoms with Crippen LogP contribution in [0.3, 0.4) is 0 Å². The number of rotatable bonds is 0. The highest BCUT2D eigenvalue weighted by molar-refractivity contribution is 5.55. The Morgan fingerprint density at radius 3 is 2.17 bits per heavy atom. The van der Waals surface area contributed by atoms with Crippen LogP contribution < -0.4 is 5.73 Å². The van der Waals surface area contributed by atoms with Gasteiger partial charge in [0.2, 0.25) is 0 Å². The molecule has 0 bridgehead atoms. The van der Waals surface area contributed by atoms with Crippen molar-refractivity contribution in [3.63, 3.8) is 0 Å². The quantitative estimate of drug-likeness (QED) is 0.595. The van der Waals surface area contributed by atoms with Crippen molar-refractivity contribution in [3.05, 3.63) is 23.8 Å². The van der Waals surface area contributed by atoms with E-state index >= 15 is 0 Å². The molecule has 0 spiro atoms. The molecule has 5 heteroatoms. The fourth-order valence-corrected chi connectivity index (χ4v) is 0.866. The van der Waals surface area contributed by atoms with E-state index in [0.29, 0.717) is 0 Å². The van der Waals surface area contributed by atoms with Gasteiger partial charge in [-0.3, -0.25) is 0 Å². The summed E-state index contributed by atoms with van der Waals surface area (Å²) in [4.78, 5) is 0. The summed E-state index contributed by atoms with van der Waals surface area (Å²) in [6.07, 6.45) is -4.60. The average Bonchev–Trinajstić information content (AvgIpc) is 1.82. The molecule has 66 valence electrons. The molecule has 0 amide bonds. The third-order valence-corrected chi connectivity index (χ3v) is 1.36. The van der Waals surface area contributed by atoms with Crippen molar-refractivity contribution in [3.8, 4) is 5.75 Å². The van der Waals surface area contributed by atoms with E-state index in [4.69, 9.17) is 10.8 Å². The maximum atomic E-state index is 12.1. The summed E-state index contributed by atoms with van der Waals surface area (Å²) in [6, 6.07) is 3.28. The zero-order valence-electron chi connectivity index (χ0n) is 5.89. The van der Waals surface area contributed by atoms with Gasteiger partial charge < -0.3 is 10.8 Å². The van der Waals surface area contributed by atoms with Gasteiger partial charge in [0, 0.05) is 5.69 Å². The minimum absolute atomic E-state index is 0.470. The minimum Gasteiger partial charge on any atom is -0.507 e. The summed E-state index contributed by atoms with van der Waals surface area (Å²) in [5.74, 6) is -0.845. The molecule has 1 rings (SSSR count). The Balaban J connectivity index is 3.31. The zero-order chi connectivity index (χ0) is 9.35. The third-order valence-electron chi connectivity index (χ3n) is 1.36. The van der Waals surface area contributed by atoms with E-state index in [0.717, 1.165) is 12.1 Å². The SMILES string of the molecule is Nc1cccc(O)c1C(F)(F)F. The maximum absolute atomic E-state index is 12.1. The summed E-state index contributed by atoms with van der Waals surface area (Å²) in [5.41, 5.74) is 3.38. The Labute approximate surface area is 66.4 Å². The van der Waals surface area contributed by atoms with Gasteiger partial charge in [-0.2, -0.15) is 13.2 Å². The van der Waals surface area contributed by atoms with Crippen molar-refractivity contribution in [2.45, 2.75) is 6.18 Å². The second-order valence-corrected chi connectivity index (χ2v) is 2.24. The monoisotopic (exact) mass is 177 g/mol. The van der Waals surface area contributed by atoms with Crippen LogP contribution >= 0.6 is 0 Å². The van der Waals surface area contributed by atoms with E-state index in [-0.39, 0.29) is 0 Å². The maximum Gasteiger partial charge on any atom is 0.421 e. The highest BCUT2D eigenvalue weighted by atomic mass is 19.4. The van der Waals surface area contributed by atoms with Gasteiger partial charge in [0.15, 0.2) is 0 Å². The van der Waals surface area contributed by atoms with Crippen LogP contribution in [0, 0.1) is 0 Å². The van der Waals surface area contributed by atoms with E-state index in [1.807, 2.05) is 0 Å². The van der Waals surface area contributed by atoms with Crippen molar-refractivity contribution in [2.75, 3.05) is 5.73 Å². The fourth-order valence-electron chi connectivity index (χ4n) is 0.866. The first kappa shape index (κ1) is 8.70. The molecule has 0 radical (unpaired) electrons. The number of phenols is 1. The van der Waals surface area contributed by atoms with E-state index in [1.165, 1.54) is 6.07 Å². The lowest BCUT2D eigenvalue weighted by atomic mass is 10.1. The summed E-state index contributed by atoms with van der Waals surface area (Å²) in [7, 11) is 0. The molecular weight excluding hydrogens is 171 g/mol. The Morgan fingerprint density at radius 1 is 1.25 bits per heavy atom. The molecule has 0 aliphatic rings. The molecule has 0 aliphatic heterocycles. The van der Waals surface area contributed by atoms with Crippen LogP contribution in [-0.4, -0.2) is 5.11 Å². The van der Waals surface area contributed by atoms with Gasteiger partial charge in [-0.15, -0.1) is 0 Å². The van der Waals surface area contributed by atoms with Crippen LogP contribution in [-0.2, 0) is 6.18 Å². The average molecular weight is 177 g/mol. The summed E-state index contributed by atoms with van der Waals surface area (Å²) in [6.45, 7) is 0. The Kier molecular flexibility index (Phi) is 1.87. The molecule has 1 aromatic rings. The Morgan fingerprint density at radius 2 is 1.83 bits per heavy atom. The number of benzene rings is 1. The zero-order valence-corrected chi connectivity index (χ0v) is 5.89. The summed E-state index contributed by atoms with van der Waals surface area (Å²) in [5, 5.41) is 8.83. The third kappa shape index (κ3) is 1.44. The van der Waals surface area contributed by atoms with Gasteiger partial charge >= 0.3 is 6.18 Å². The van der Waals surface area contributed by atoms with Crippen molar-refractivity contribution in [1.29, 1.82) is 0 Å². The highest BCUT2D eigenvalue weighted by Crippen LogP contribution is 2.39. The molecule has 0 fully saturated rings. The molecule has 0 aromatic heterocycles. The van der Waals surface area contributed by atoms with Crippen molar-refractivity contribution in [1.82, 2.24) is 0 Å². The predicted molar refractivity (Wildman–Crippen MR) is 37.5 cm³/mol. The molecule has 0 saturated heterocycles. The number of alkyl halides is 3. The van der Waals surface area contributed by atoms with Gasteiger partial charge in [0.1, 0.15) is 11.3 Å². The van der Waals surface area contributed by atoms with E-state index in [1.54, 1.807) is 0 Å².